The van der Waals surface area contributed by atoms with Gasteiger partial charge in [0.2, 0.25) is 5.91 Å². The van der Waals surface area contributed by atoms with Crippen molar-refractivity contribution in [2.45, 2.75) is 13.3 Å². The molecular formula is C27H21F3N8O3S. The van der Waals surface area contributed by atoms with E-state index in [9.17, 15) is 22.8 Å². The number of anilines is 2. The minimum atomic E-state index is -4.77. The zero-order valence-corrected chi connectivity index (χ0v) is 22.6. The van der Waals surface area contributed by atoms with Gasteiger partial charge in [0.05, 0.1) is 29.0 Å². The van der Waals surface area contributed by atoms with Crippen LogP contribution in [0.2, 0.25) is 0 Å². The normalized spacial score (nSPS) is 14.6. The number of ether oxygens (including phenoxy) is 1. The van der Waals surface area contributed by atoms with E-state index in [4.69, 9.17) is 5.73 Å². The Morgan fingerprint density at radius 1 is 1.12 bits per heavy atom. The van der Waals surface area contributed by atoms with Gasteiger partial charge in [-0.15, -0.1) is 18.3 Å². The zero-order valence-electron chi connectivity index (χ0n) is 21.7. The molecule has 0 saturated carbocycles. The number of urea groups is 1. The van der Waals surface area contributed by atoms with Crippen molar-refractivity contribution in [3.63, 3.8) is 0 Å². The minimum absolute atomic E-state index is 0.130. The third-order valence-electron chi connectivity index (χ3n) is 5.76. The first-order chi connectivity index (χ1) is 20.1. The van der Waals surface area contributed by atoms with Gasteiger partial charge in [-0.25, -0.2) is 19.9 Å². The molecule has 11 nitrogen and oxygen atoms in total. The summed E-state index contributed by atoms with van der Waals surface area (Å²) in [4.78, 5) is 34.4. The number of aryl methyl sites for hydroxylation is 1. The molecule has 214 valence electrons. The molecule has 3 aromatic carbocycles. The van der Waals surface area contributed by atoms with Gasteiger partial charge in [0, 0.05) is 5.56 Å². The summed E-state index contributed by atoms with van der Waals surface area (Å²) >= 11 is 1.13. The van der Waals surface area contributed by atoms with Gasteiger partial charge in [-0.1, -0.05) is 42.1 Å². The van der Waals surface area contributed by atoms with Crippen molar-refractivity contribution in [3.05, 3.63) is 84.2 Å². The number of benzene rings is 3. The van der Waals surface area contributed by atoms with Crippen LogP contribution < -0.4 is 20.8 Å². The van der Waals surface area contributed by atoms with Crippen molar-refractivity contribution in [3.8, 4) is 22.8 Å². The number of nitrogen functional groups attached to an aromatic ring is 1. The van der Waals surface area contributed by atoms with Gasteiger partial charge in [0.1, 0.15) is 12.1 Å². The van der Waals surface area contributed by atoms with Gasteiger partial charge >= 0.3 is 12.4 Å². The fraction of sp³-hybridized carbons (Fsp3) is 0.111. The van der Waals surface area contributed by atoms with Crippen LogP contribution in [0.15, 0.2) is 83.2 Å². The van der Waals surface area contributed by atoms with Crippen molar-refractivity contribution in [1.82, 2.24) is 20.2 Å². The average Bonchev–Trinajstić information content (AvgIpc) is 3.57. The fourth-order valence-electron chi connectivity index (χ4n) is 3.84. The van der Waals surface area contributed by atoms with E-state index in [1.807, 2.05) is 13.0 Å². The zero-order chi connectivity index (χ0) is 29.9. The highest BCUT2D eigenvalue weighted by atomic mass is 32.2. The molecule has 0 atom stereocenters. The number of hydrazone groups is 1. The summed E-state index contributed by atoms with van der Waals surface area (Å²) in [5.41, 5.74) is 11.9. The number of hydrogen-bond acceptors (Lipinski definition) is 8. The number of rotatable bonds is 6. The molecule has 0 unspecified atom stereocenters. The summed E-state index contributed by atoms with van der Waals surface area (Å²) in [5.74, 6) is -0.0546. The van der Waals surface area contributed by atoms with Crippen LogP contribution in [0.25, 0.3) is 17.1 Å². The standard InChI is InChI=1S/C27H21F3N8O3S/c1-16-2-11-21(31)22(12-16)38-23(39)14-42-26(38)34-25(40)35-33-13-17-3-5-18(6-4-17)24-32-15-37(36-24)19-7-9-20(10-8-19)41-27(28,29)30/h2-13,15H,14,31H2,1H3,(H,35,40)/b33-13+,34-26-. The van der Waals surface area contributed by atoms with E-state index in [2.05, 4.69) is 30.3 Å². The number of thioether (sulfide) groups is 1. The van der Waals surface area contributed by atoms with Crippen LogP contribution in [0.4, 0.5) is 29.3 Å². The fourth-order valence-corrected chi connectivity index (χ4v) is 4.70. The molecule has 3 N–H and O–H groups in total. The summed E-state index contributed by atoms with van der Waals surface area (Å²) in [6, 6.07) is 16.7. The largest absolute Gasteiger partial charge is 0.573 e. The molecule has 1 saturated heterocycles. The van der Waals surface area contributed by atoms with E-state index < -0.39 is 12.4 Å². The number of nitrogens with two attached hydrogens (primary N) is 1. The highest BCUT2D eigenvalue weighted by molar-refractivity contribution is 8.15. The number of carbonyl (C=O) groups is 2. The second kappa shape index (κ2) is 11.7. The van der Waals surface area contributed by atoms with E-state index in [-0.39, 0.29) is 22.6 Å². The maximum absolute atomic E-state index is 12.4. The van der Waals surface area contributed by atoms with Crippen LogP contribution in [0.1, 0.15) is 11.1 Å². The Balaban J connectivity index is 1.20. The minimum Gasteiger partial charge on any atom is -0.406 e. The van der Waals surface area contributed by atoms with Crippen molar-refractivity contribution < 1.29 is 27.5 Å². The summed E-state index contributed by atoms with van der Waals surface area (Å²) in [6.07, 6.45) is -1.91. The molecule has 2 heterocycles. The van der Waals surface area contributed by atoms with Gasteiger partial charge in [-0.2, -0.15) is 10.1 Å². The lowest BCUT2D eigenvalue weighted by atomic mass is 10.1. The molecule has 0 radical (unpaired) electrons. The number of nitrogens with one attached hydrogen (secondary N) is 1. The van der Waals surface area contributed by atoms with E-state index in [0.29, 0.717) is 34.0 Å². The first-order valence-corrected chi connectivity index (χ1v) is 13.2. The molecular weight excluding hydrogens is 573 g/mol. The number of halogens is 3. The Kier molecular flexibility index (Phi) is 7.93. The van der Waals surface area contributed by atoms with E-state index in [1.54, 1.807) is 36.4 Å². The maximum Gasteiger partial charge on any atom is 0.573 e. The molecule has 4 aromatic rings. The van der Waals surface area contributed by atoms with Crippen LogP contribution in [0, 0.1) is 6.92 Å². The highest BCUT2D eigenvalue weighted by Crippen LogP contribution is 2.32. The van der Waals surface area contributed by atoms with Gasteiger partial charge in [-0.3, -0.25) is 9.69 Å². The second-order valence-electron chi connectivity index (χ2n) is 8.83. The number of amidine groups is 1. The molecule has 0 spiro atoms. The average molecular weight is 595 g/mol. The number of amides is 3. The molecule has 1 aromatic heterocycles. The molecule has 42 heavy (non-hydrogen) atoms. The number of nitrogens with zero attached hydrogens (tertiary/aromatic N) is 6. The van der Waals surface area contributed by atoms with Crippen LogP contribution >= 0.6 is 11.8 Å². The number of alkyl halides is 3. The molecule has 1 aliphatic heterocycles. The lowest BCUT2D eigenvalue weighted by molar-refractivity contribution is -0.274. The second-order valence-corrected chi connectivity index (χ2v) is 9.77. The molecule has 15 heteroatoms. The molecule has 0 aliphatic carbocycles. The monoisotopic (exact) mass is 594 g/mol. The third-order valence-corrected chi connectivity index (χ3v) is 6.68. The predicted octanol–water partition coefficient (Wildman–Crippen LogP) is 4.90. The topological polar surface area (TPSA) is 140 Å². The maximum atomic E-state index is 12.4. The first kappa shape index (κ1) is 28.4. The van der Waals surface area contributed by atoms with Crippen molar-refractivity contribution in [2.24, 2.45) is 10.1 Å². The lowest BCUT2D eigenvalue weighted by Gasteiger charge is -2.18. The van der Waals surface area contributed by atoms with E-state index in [0.717, 1.165) is 17.3 Å². The summed E-state index contributed by atoms with van der Waals surface area (Å²) in [7, 11) is 0. The van der Waals surface area contributed by atoms with Crippen molar-refractivity contribution in [2.75, 3.05) is 16.4 Å². The molecule has 1 aliphatic rings. The SMILES string of the molecule is Cc1ccc(N)c(N2C(=O)CS/C2=N\C(=O)N/N=C/c2ccc(-c3ncn(-c4ccc(OC(F)(F)F)cc4)n3)cc2)c1. The van der Waals surface area contributed by atoms with E-state index in [1.165, 1.54) is 46.4 Å². The van der Waals surface area contributed by atoms with Gasteiger partial charge in [0.25, 0.3) is 0 Å². The molecule has 0 bridgehead atoms. The van der Waals surface area contributed by atoms with E-state index >= 15 is 0 Å². The molecule has 5 rings (SSSR count). The van der Waals surface area contributed by atoms with Crippen molar-refractivity contribution >= 4 is 46.5 Å². The summed E-state index contributed by atoms with van der Waals surface area (Å²) in [6.45, 7) is 1.87. The quantitative estimate of drug-likeness (QED) is 0.184. The number of hydrogen-bond donors (Lipinski definition) is 2. The molecule has 3 amide bonds. The predicted molar refractivity (Wildman–Crippen MR) is 153 cm³/mol. The van der Waals surface area contributed by atoms with Crippen LogP contribution in [0.5, 0.6) is 5.75 Å². The molecule has 1 fully saturated rings. The Morgan fingerprint density at radius 3 is 2.57 bits per heavy atom. The Hall–Kier alpha value is -5.18. The van der Waals surface area contributed by atoms with Gasteiger partial charge < -0.3 is 10.5 Å². The summed E-state index contributed by atoms with van der Waals surface area (Å²) < 4.78 is 42.4. The smallest absolute Gasteiger partial charge is 0.406 e. The van der Waals surface area contributed by atoms with Crippen LogP contribution in [0.3, 0.4) is 0 Å². The van der Waals surface area contributed by atoms with Crippen LogP contribution in [-0.4, -0.2) is 50.2 Å². The third kappa shape index (κ3) is 6.75. The first-order valence-electron chi connectivity index (χ1n) is 12.2. The van der Waals surface area contributed by atoms with Gasteiger partial charge in [0.15, 0.2) is 11.0 Å². The highest BCUT2D eigenvalue weighted by Gasteiger charge is 2.32. The lowest BCUT2D eigenvalue weighted by Crippen LogP contribution is -2.31. The Bertz CT molecular complexity index is 1690. The number of aromatic nitrogens is 3. The Morgan fingerprint density at radius 2 is 1.86 bits per heavy atom. The summed E-state index contributed by atoms with van der Waals surface area (Å²) in [5, 5.41) is 8.48. The number of carbonyl (C=O) groups excluding carboxylic acids is 2. The van der Waals surface area contributed by atoms with Gasteiger partial charge in [-0.05, 0) is 54.4 Å². The van der Waals surface area contributed by atoms with Crippen molar-refractivity contribution in [1.29, 1.82) is 0 Å². The van der Waals surface area contributed by atoms with Crippen LogP contribution in [-0.2, 0) is 4.79 Å². The number of aliphatic imine (C=N–C) groups is 1. The Labute approximate surface area is 240 Å².